The second-order valence-electron chi connectivity index (χ2n) is 7.17. The zero-order valence-corrected chi connectivity index (χ0v) is 11.6. The maximum atomic E-state index is 12.5. The van der Waals surface area contributed by atoms with Crippen molar-refractivity contribution in [2.75, 3.05) is 13.1 Å². The molecular weight excluding hydrogens is 240 g/mol. The summed E-state index contributed by atoms with van der Waals surface area (Å²) in [6.07, 6.45) is 7.25. The largest absolute Gasteiger partial charge is 0.327 e. The van der Waals surface area contributed by atoms with Gasteiger partial charge in [-0.25, -0.2) is 4.79 Å². The average molecular weight is 262 g/mol. The molecule has 0 N–H and O–H groups in total. The van der Waals surface area contributed by atoms with Crippen molar-refractivity contribution in [3.8, 4) is 0 Å². The number of hydrogen-bond donors (Lipinski definition) is 0. The monoisotopic (exact) mass is 262 g/mol. The minimum atomic E-state index is -0.104. The minimum absolute atomic E-state index is 0.0190. The van der Waals surface area contributed by atoms with Crippen molar-refractivity contribution >= 4 is 11.9 Å². The van der Waals surface area contributed by atoms with E-state index in [0.29, 0.717) is 13.1 Å². The van der Waals surface area contributed by atoms with Crippen LogP contribution >= 0.6 is 0 Å². The predicted molar refractivity (Wildman–Crippen MR) is 70.4 cm³/mol. The van der Waals surface area contributed by atoms with Crippen LogP contribution in [0.5, 0.6) is 0 Å². The molecule has 0 aromatic heterocycles. The molecule has 3 amide bonds. The number of rotatable bonds is 2. The second-order valence-corrected chi connectivity index (χ2v) is 7.17. The molecule has 0 radical (unpaired) electrons. The molecule has 1 heterocycles. The van der Waals surface area contributed by atoms with E-state index in [9.17, 15) is 9.59 Å². The minimum Gasteiger partial charge on any atom is -0.315 e. The van der Waals surface area contributed by atoms with Gasteiger partial charge < -0.3 is 4.90 Å². The molecule has 19 heavy (non-hydrogen) atoms. The first-order valence-corrected chi connectivity index (χ1v) is 7.73. The van der Waals surface area contributed by atoms with Crippen LogP contribution < -0.4 is 0 Å². The number of hydrogen-bond acceptors (Lipinski definition) is 2. The normalized spacial score (nSPS) is 44.6. The van der Waals surface area contributed by atoms with Crippen molar-refractivity contribution in [1.29, 1.82) is 0 Å². The average Bonchev–Trinajstić information content (AvgIpc) is 2.62. The second kappa shape index (κ2) is 3.74. The highest BCUT2D eigenvalue weighted by Gasteiger charge is 2.58. The summed E-state index contributed by atoms with van der Waals surface area (Å²) < 4.78 is 0. The molecule has 0 spiro atoms. The number of urea groups is 1. The third-order valence-electron chi connectivity index (χ3n) is 5.90. The Labute approximate surface area is 114 Å². The Morgan fingerprint density at radius 3 is 2.00 bits per heavy atom. The van der Waals surface area contributed by atoms with E-state index >= 15 is 0 Å². The van der Waals surface area contributed by atoms with Crippen LogP contribution in [0.15, 0.2) is 0 Å². The fraction of sp³-hybridized carbons (Fsp3) is 0.867. The van der Waals surface area contributed by atoms with Gasteiger partial charge in [-0.05, 0) is 63.2 Å². The van der Waals surface area contributed by atoms with Gasteiger partial charge in [0.2, 0.25) is 0 Å². The molecule has 4 aliphatic carbocycles. The smallest absolute Gasteiger partial charge is 0.315 e. The first-order chi connectivity index (χ1) is 9.11. The van der Waals surface area contributed by atoms with Crippen LogP contribution in [0.4, 0.5) is 4.79 Å². The van der Waals surface area contributed by atoms with E-state index in [1.165, 1.54) is 19.3 Å². The molecule has 4 heteroatoms. The molecule has 0 aromatic rings. The highest BCUT2D eigenvalue weighted by molar-refractivity contribution is 6.02. The van der Waals surface area contributed by atoms with Crippen molar-refractivity contribution in [3.63, 3.8) is 0 Å². The fourth-order valence-corrected chi connectivity index (χ4v) is 5.60. The highest BCUT2D eigenvalue weighted by atomic mass is 16.2. The lowest BCUT2D eigenvalue weighted by atomic mass is 9.52. The van der Waals surface area contributed by atoms with Gasteiger partial charge in [-0.1, -0.05) is 0 Å². The topological polar surface area (TPSA) is 40.6 Å². The van der Waals surface area contributed by atoms with Crippen molar-refractivity contribution in [2.24, 2.45) is 17.8 Å². The van der Waals surface area contributed by atoms with Gasteiger partial charge in [0, 0.05) is 6.54 Å². The molecule has 5 aliphatic rings. The molecule has 1 saturated heterocycles. The van der Waals surface area contributed by atoms with Gasteiger partial charge in [0.25, 0.3) is 5.91 Å². The first kappa shape index (κ1) is 11.7. The summed E-state index contributed by atoms with van der Waals surface area (Å²) in [5.41, 5.74) is -0.104. The Balaban J connectivity index is 1.68. The van der Waals surface area contributed by atoms with Crippen molar-refractivity contribution in [1.82, 2.24) is 9.80 Å². The molecule has 0 atom stereocenters. The first-order valence-electron chi connectivity index (χ1n) is 7.73. The quantitative estimate of drug-likeness (QED) is 0.716. The molecule has 104 valence electrons. The third kappa shape index (κ3) is 1.52. The Morgan fingerprint density at radius 2 is 1.58 bits per heavy atom. The van der Waals surface area contributed by atoms with E-state index in [2.05, 4.69) is 0 Å². The molecule has 0 aromatic carbocycles. The van der Waals surface area contributed by atoms with Gasteiger partial charge in [-0.2, -0.15) is 0 Å². The van der Waals surface area contributed by atoms with E-state index in [1.54, 1.807) is 9.80 Å². The molecule has 5 rings (SSSR count). The van der Waals surface area contributed by atoms with Gasteiger partial charge in [0.05, 0.1) is 5.54 Å². The van der Waals surface area contributed by atoms with Gasteiger partial charge in [0.1, 0.15) is 6.54 Å². The maximum Gasteiger partial charge on any atom is 0.327 e. The number of carbonyl (C=O) groups is 2. The number of amides is 3. The number of carbonyl (C=O) groups excluding carboxylic acids is 2. The lowest BCUT2D eigenvalue weighted by Crippen LogP contribution is -2.61. The Bertz CT molecular complexity index is 410. The van der Waals surface area contributed by atoms with Crippen molar-refractivity contribution in [3.05, 3.63) is 0 Å². The third-order valence-corrected chi connectivity index (χ3v) is 5.90. The van der Waals surface area contributed by atoms with Crippen molar-refractivity contribution in [2.45, 2.75) is 51.0 Å². The molecule has 4 saturated carbocycles. The van der Waals surface area contributed by atoms with Crippen LogP contribution in [0.2, 0.25) is 0 Å². The molecule has 4 bridgehead atoms. The summed E-state index contributed by atoms with van der Waals surface area (Å²) in [5, 5.41) is 0. The Kier molecular flexibility index (Phi) is 2.31. The van der Waals surface area contributed by atoms with Gasteiger partial charge in [0.15, 0.2) is 0 Å². The maximum absolute atomic E-state index is 12.5. The Morgan fingerprint density at radius 1 is 1.05 bits per heavy atom. The van der Waals surface area contributed by atoms with E-state index < -0.39 is 0 Å². The number of likely N-dealkylation sites (N-methyl/N-ethyl adjacent to an activating group) is 1. The standard InChI is InChI=1S/C15H22N2O2/c1-2-16-9-13(18)17(14(16)19)15-6-10-3-11(7-15)5-12(4-10)8-15/h10-12H,2-9H2,1H3. The van der Waals surface area contributed by atoms with E-state index in [0.717, 1.165) is 37.0 Å². The van der Waals surface area contributed by atoms with Crippen LogP contribution in [-0.4, -0.2) is 40.4 Å². The van der Waals surface area contributed by atoms with Crippen LogP contribution in [0, 0.1) is 17.8 Å². The van der Waals surface area contributed by atoms with Crippen LogP contribution in [0.25, 0.3) is 0 Å². The summed E-state index contributed by atoms with van der Waals surface area (Å²) >= 11 is 0. The van der Waals surface area contributed by atoms with E-state index in [-0.39, 0.29) is 17.5 Å². The van der Waals surface area contributed by atoms with Crippen LogP contribution in [0.3, 0.4) is 0 Å². The summed E-state index contributed by atoms with van der Waals surface area (Å²) in [6, 6.07) is -0.0190. The van der Waals surface area contributed by atoms with Crippen LogP contribution in [-0.2, 0) is 4.79 Å². The predicted octanol–water partition coefficient (Wildman–Crippen LogP) is 2.24. The molecular formula is C15H22N2O2. The number of nitrogens with zero attached hydrogens (tertiary/aromatic N) is 2. The highest BCUT2D eigenvalue weighted by Crippen LogP contribution is 2.58. The summed E-state index contributed by atoms with van der Waals surface area (Å²) in [5.74, 6) is 2.35. The fourth-order valence-electron chi connectivity index (χ4n) is 5.60. The van der Waals surface area contributed by atoms with Gasteiger partial charge >= 0.3 is 6.03 Å². The molecule has 5 fully saturated rings. The Hall–Kier alpha value is -1.06. The SMILES string of the molecule is CCN1CC(=O)N(C23CC4CC(CC(C4)C2)C3)C1=O. The molecule has 4 nitrogen and oxygen atoms in total. The molecule has 0 unspecified atom stereocenters. The zero-order chi connectivity index (χ0) is 13.2. The van der Waals surface area contributed by atoms with E-state index in [1.807, 2.05) is 6.92 Å². The van der Waals surface area contributed by atoms with Crippen molar-refractivity contribution < 1.29 is 9.59 Å². The number of imide groups is 1. The van der Waals surface area contributed by atoms with Gasteiger partial charge in [-0.3, -0.25) is 9.69 Å². The zero-order valence-electron chi connectivity index (χ0n) is 11.6. The molecule has 1 aliphatic heterocycles. The lowest BCUT2D eigenvalue weighted by Gasteiger charge is -2.58. The van der Waals surface area contributed by atoms with Gasteiger partial charge in [-0.15, -0.1) is 0 Å². The summed E-state index contributed by atoms with van der Waals surface area (Å²) in [7, 11) is 0. The summed E-state index contributed by atoms with van der Waals surface area (Å²) in [4.78, 5) is 28.2. The lowest BCUT2D eigenvalue weighted by molar-refractivity contribution is -0.138. The van der Waals surface area contributed by atoms with E-state index in [4.69, 9.17) is 0 Å². The van der Waals surface area contributed by atoms with Crippen LogP contribution in [0.1, 0.15) is 45.4 Å². The summed E-state index contributed by atoms with van der Waals surface area (Å²) in [6.45, 7) is 2.90.